The molecule has 0 saturated carbocycles. The molecule has 3 rings (SSSR count). The van der Waals surface area contributed by atoms with Gasteiger partial charge in [0.1, 0.15) is 0 Å². The van der Waals surface area contributed by atoms with Gasteiger partial charge in [0.2, 0.25) is 0 Å². The van der Waals surface area contributed by atoms with Crippen molar-refractivity contribution in [1.82, 2.24) is 9.38 Å². The Morgan fingerprint density at radius 3 is 2.82 bits per heavy atom. The fraction of sp³-hybridized carbons (Fsp3) is 0.143. The van der Waals surface area contributed by atoms with Crippen molar-refractivity contribution < 1.29 is 8.78 Å². The summed E-state index contributed by atoms with van der Waals surface area (Å²) in [6.45, 7) is 0.394. The maximum absolute atomic E-state index is 12.2. The van der Waals surface area contributed by atoms with Gasteiger partial charge in [-0.3, -0.25) is 9.20 Å². The Hall–Kier alpha value is -1.93. The van der Waals surface area contributed by atoms with Crippen LogP contribution in [0, 0.1) is 0 Å². The van der Waals surface area contributed by atoms with Gasteiger partial charge in [0.15, 0.2) is 4.96 Å². The minimum atomic E-state index is -2.42. The Labute approximate surface area is 132 Å². The number of fused-ring (bicyclic) bond motifs is 1. The lowest BCUT2D eigenvalue weighted by Crippen LogP contribution is -2.14. The summed E-state index contributed by atoms with van der Waals surface area (Å²) in [6.07, 6.45) is 1.69. The van der Waals surface area contributed by atoms with E-state index in [0.717, 1.165) is 5.69 Å². The van der Waals surface area contributed by atoms with Gasteiger partial charge in [0.25, 0.3) is 11.3 Å². The van der Waals surface area contributed by atoms with E-state index in [1.54, 1.807) is 35.8 Å². The van der Waals surface area contributed by atoms with Crippen LogP contribution in [0.25, 0.3) is 4.96 Å². The van der Waals surface area contributed by atoms with Crippen molar-refractivity contribution in [2.75, 3.05) is 5.32 Å². The fourth-order valence-corrected chi connectivity index (χ4v) is 3.16. The fourth-order valence-electron chi connectivity index (χ4n) is 1.93. The summed E-state index contributed by atoms with van der Waals surface area (Å²) in [5.41, 5.74) is 1.30. The molecule has 1 aromatic carbocycles. The Bertz CT molecular complexity index is 830. The summed E-state index contributed by atoms with van der Waals surface area (Å²) >= 11 is 1.91. The third-order valence-corrected chi connectivity index (χ3v) is 4.39. The molecule has 4 nitrogen and oxygen atoms in total. The summed E-state index contributed by atoms with van der Waals surface area (Å²) in [6, 6.07) is 8.18. The van der Waals surface area contributed by atoms with Crippen molar-refractivity contribution in [2.24, 2.45) is 0 Å². The second kappa shape index (κ2) is 6.45. The molecule has 22 heavy (non-hydrogen) atoms. The summed E-state index contributed by atoms with van der Waals surface area (Å²) in [4.78, 5) is 17.4. The molecule has 0 spiro atoms. The van der Waals surface area contributed by atoms with Gasteiger partial charge in [-0.15, -0.1) is 11.3 Å². The normalized spacial score (nSPS) is 11.2. The molecule has 0 unspecified atom stereocenters. The molecule has 2 heterocycles. The first-order chi connectivity index (χ1) is 10.6. The van der Waals surface area contributed by atoms with Gasteiger partial charge < -0.3 is 5.32 Å². The Balaban J connectivity index is 1.69. The topological polar surface area (TPSA) is 46.4 Å². The standard InChI is InChI=1S/C14H11F2N3OS2/c15-13(16)22-11-3-1-9(2-4-11)17-8-10-7-12(20)19-5-6-21-14(19)18-10/h1-7,13,17H,8H2. The van der Waals surface area contributed by atoms with Crippen LogP contribution in [0.2, 0.25) is 0 Å². The zero-order valence-electron chi connectivity index (χ0n) is 11.2. The minimum Gasteiger partial charge on any atom is -0.379 e. The lowest BCUT2D eigenvalue weighted by Gasteiger charge is -2.07. The lowest BCUT2D eigenvalue weighted by atomic mass is 10.3. The van der Waals surface area contributed by atoms with Gasteiger partial charge in [-0.1, -0.05) is 11.8 Å². The number of halogens is 2. The zero-order chi connectivity index (χ0) is 15.5. The van der Waals surface area contributed by atoms with E-state index < -0.39 is 5.76 Å². The average Bonchev–Trinajstić information content (AvgIpc) is 2.95. The number of hydrogen-bond acceptors (Lipinski definition) is 5. The number of nitrogens with one attached hydrogen (secondary N) is 1. The van der Waals surface area contributed by atoms with Crippen molar-refractivity contribution >= 4 is 33.7 Å². The van der Waals surface area contributed by atoms with Gasteiger partial charge >= 0.3 is 0 Å². The van der Waals surface area contributed by atoms with Crippen LogP contribution in [0.5, 0.6) is 0 Å². The number of hydrogen-bond donors (Lipinski definition) is 1. The van der Waals surface area contributed by atoms with Gasteiger partial charge in [-0.05, 0) is 24.3 Å². The number of alkyl halides is 2. The summed E-state index contributed by atoms with van der Waals surface area (Å²) in [5, 5.41) is 4.93. The van der Waals surface area contributed by atoms with E-state index in [-0.39, 0.29) is 5.56 Å². The predicted octanol–water partition coefficient (Wildman–Crippen LogP) is 3.68. The molecule has 0 amide bonds. The number of benzene rings is 1. The highest BCUT2D eigenvalue weighted by atomic mass is 32.2. The molecule has 0 atom stereocenters. The average molecular weight is 339 g/mol. The van der Waals surface area contributed by atoms with Crippen LogP contribution >= 0.6 is 23.1 Å². The van der Waals surface area contributed by atoms with Crippen molar-refractivity contribution in [1.29, 1.82) is 0 Å². The highest BCUT2D eigenvalue weighted by Gasteiger charge is 2.06. The quantitative estimate of drug-likeness (QED) is 0.720. The molecule has 0 aliphatic carbocycles. The first-order valence-corrected chi connectivity index (χ1v) is 8.12. The third kappa shape index (κ3) is 3.45. The summed E-state index contributed by atoms with van der Waals surface area (Å²) < 4.78 is 26.0. The molecule has 8 heteroatoms. The van der Waals surface area contributed by atoms with E-state index >= 15 is 0 Å². The van der Waals surface area contributed by atoms with E-state index in [4.69, 9.17) is 0 Å². The first kappa shape index (κ1) is 15.0. The SMILES string of the molecule is O=c1cc(CNc2ccc(SC(F)F)cc2)nc2sccn12. The predicted molar refractivity (Wildman–Crippen MR) is 85.0 cm³/mol. The molecule has 0 fully saturated rings. The molecule has 1 N–H and O–H groups in total. The molecule has 114 valence electrons. The maximum atomic E-state index is 12.2. The number of anilines is 1. The number of aromatic nitrogens is 2. The van der Waals surface area contributed by atoms with Crippen LogP contribution < -0.4 is 10.9 Å². The Morgan fingerprint density at radius 2 is 2.09 bits per heavy atom. The maximum Gasteiger partial charge on any atom is 0.288 e. The van der Waals surface area contributed by atoms with E-state index in [9.17, 15) is 13.6 Å². The highest BCUT2D eigenvalue weighted by Crippen LogP contribution is 2.26. The van der Waals surface area contributed by atoms with E-state index in [2.05, 4.69) is 10.3 Å². The number of thioether (sulfide) groups is 1. The minimum absolute atomic E-state index is 0.119. The molecule has 2 aromatic heterocycles. The van der Waals surface area contributed by atoms with Gasteiger partial charge in [0, 0.05) is 28.2 Å². The Kier molecular flexibility index (Phi) is 4.39. The number of nitrogens with zero attached hydrogens (tertiary/aromatic N) is 2. The Morgan fingerprint density at radius 1 is 1.32 bits per heavy atom. The smallest absolute Gasteiger partial charge is 0.288 e. The van der Waals surface area contributed by atoms with Gasteiger partial charge in [0.05, 0.1) is 12.2 Å². The van der Waals surface area contributed by atoms with Crippen LogP contribution in [0.15, 0.2) is 51.6 Å². The molecule has 0 aliphatic rings. The lowest BCUT2D eigenvalue weighted by molar-refractivity contribution is 0.252. The van der Waals surface area contributed by atoms with Crippen molar-refractivity contribution in [3.63, 3.8) is 0 Å². The third-order valence-electron chi connectivity index (χ3n) is 2.91. The molecule has 3 aromatic rings. The monoisotopic (exact) mass is 339 g/mol. The number of rotatable bonds is 5. The van der Waals surface area contributed by atoms with Crippen LogP contribution in [-0.4, -0.2) is 15.1 Å². The summed E-state index contributed by atoms with van der Waals surface area (Å²) in [5.74, 6) is -2.42. The number of thiazole rings is 1. The molecule has 0 bridgehead atoms. The molecule has 0 saturated heterocycles. The summed E-state index contributed by atoms with van der Waals surface area (Å²) in [7, 11) is 0. The van der Waals surface area contributed by atoms with Crippen LogP contribution in [0.4, 0.5) is 14.5 Å². The molecular formula is C14H11F2N3OS2. The molecule has 0 radical (unpaired) electrons. The van der Waals surface area contributed by atoms with Crippen LogP contribution in [-0.2, 0) is 6.54 Å². The van der Waals surface area contributed by atoms with Crippen molar-refractivity contribution in [3.8, 4) is 0 Å². The molecular weight excluding hydrogens is 328 g/mol. The van der Waals surface area contributed by atoms with Crippen molar-refractivity contribution in [3.05, 3.63) is 58.0 Å². The van der Waals surface area contributed by atoms with E-state index in [0.29, 0.717) is 33.9 Å². The molecule has 0 aliphatic heterocycles. The van der Waals surface area contributed by atoms with E-state index in [1.807, 2.05) is 0 Å². The second-order valence-corrected chi connectivity index (χ2v) is 6.33. The van der Waals surface area contributed by atoms with Crippen LogP contribution in [0.1, 0.15) is 5.69 Å². The van der Waals surface area contributed by atoms with Gasteiger partial charge in [-0.2, -0.15) is 8.78 Å². The van der Waals surface area contributed by atoms with Gasteiger partial charge in [-0.25, -0.2) is 4.98 Å². The second-order valence-electron chi connectivity index (χ2n) is 4.40. The first-order valence-electron chi connectivity index (χ1n) is 6.36. The zero-order valence-corrected chi connectivity index (χ0v) is 12.8. The van der Waals surface area contributed by atoms with Crippen molar-refractivity contribution in [2.45, 2.75) is 17.2 Å². The largest absolute Gasteiger partial charge is 0.379 e. The van der Waals surface area contributed by atoms with E-state index in [1.165, 1.54) is 21.8 Å². The van der Waals surface area contributed by atoms with Crippen LogP contribution in [0.3, 0.4) is 0 Å². The highest BCUT2D eigenvalue weighted by molar-refractivity contribution is 7.99.